The van der Waals surface area contributed by atoms with E-state index in [1.807, 2.05) is 61.5 Å². The molecule has 0 atom stereocenters. The molecule has 0 amide bonds. The monoisotopic (exact) mass is 579 g/mol. The van der Waals surface area contributed by atoms with Crippen molar-refractivity contribution in [1.29, 1.82) is 0 Å². The van der Waals surface area contributed by atoms with Crippen molar-refractivity contribution in [2.24, 2.45) is 0 Å². The highest BCUT2D eigenvalue weighted by Crippen LogP contribution is 2.42. The van der Waals surface area contributed by atoms with Crippen molar-refractivity contribution in [1.82, 2.24) is 4.90 Å². The number of Topliss-reactive ketones (excluding diaryl/α,β-unsaturated/α-hetero) is 1. The maximum atomic E-state index is 13.3. The number of carboxylic acids is 2. The van der Waals surface area contributed by atoms with Crippen LogP contribution < -0.4 is 4.74 Å². The molecule has 42 heavy (non-hydrogen) atoms. The Morgan fingerprint density at radius 2 is 1.45 bits per heavy atom. The smallest absolute Gasteiger partial charge is 0.414 e. The van der Waals surface area contributed by atoms with Crippen LogP contribution in [-0.2, 0) is 24.5 Å². The summed E-state index contributed by atoms with van der Waals surface area (Å²) in [7, 11) is 0. The lowest BCUT2D eigenvalue weighted by atomic mass is 9.72. The predicted molar refractivity (Wildman–Crippen MR) is 152 cm³/mol. The number of likely N-dealkylation sites (tertiary alicyclic amines) is 1. The first-order valence-electron chi connectivity index (χ1n) is 13.6. The van der Waals surface area contributed by atoms with E-state index in [1.54, 1.807) is 0 Å². The summed E-state index contributed by atoms with van der Waals surface area (Å²) >= 11 is 0. The van der Waals surface area contributed by atoms with E-state index in [0.717, 1.165) is 12.1 Å². The number of ketones is 1. The van der Waals surface area contributed by atoms with Crippen LogP contribution in [0.4, 0.5) is 4.39 Å². The minimum atomic E-state index is -1.82. The van der Waals surface area contributed by atoms with Crippen LogP contribution in [0.2, 0.25) is 0 Å². The van der Waals surface area contributed by atoms with E-state index in [9.17, 15) is 14.0 Å². The average Bonchev–Trinajstić information content (AvgIpc) is 2.99. The molecule has 0 unspecified atom stereocenters. The number of hydrogen-bond acceptors (Lipinski definition) is 7. The second kappa shape index (κ2) is 15.4. The van der Waals surface area contributed by atoms with Gasteiger partial charge in [0.15, 0.2) is 5.78 Å². The van der Waals surface area contributed by atoms with Gasteiger partial charge in [-0.15, -0.1) is 0 Å². The van der Waals surface area contributed by atoms with Gasteiger partial charge in [0.2, 0.25) is 0 Å². The number of halogens is 1. The molecule has 1 saturated heterocycles. The van der Waals surface area contributed by atoms with Crippen LogP contribution in [0.1, 0.15) is 48.5 Å². The van der Waals surface area contributed by atoms with Crippen LogP contribution in [0.15, 0.2) is 78.9 Å². The molecule has 3 aromatic carbocycles. The summed E-state index contributed by atoms with van der Waals surface area (Å²) in [5.41, 5.74) is 0.590. The number of hydrogen-bond donors (Lipinski definition) is 2. The minimum absolute atomic E-state index is 0.0138. The Morgan fingerprint density at radius 1 is 0.857 bits per heavy atom. The summed E-state index contributed by atoms with van der Waals surface area (Å²) in [6.45, 7) is 4.32. The summed E-state index contributed by atoms with van der Waals surface area (Å²) in [4.78, 5) is 46.3. The molecule has 1 fully saturated rings. The number of ether oxygens (including phenoxy) is 2. The van der Waals surface area contributed by atoms with Crippen LogP contribution in [0.5, 0.6) is 11.5 Å². The number of esters is 1. The highest BCUT2D eigenvalue weighted by molar-refractivity contribution is 6.27. The zero-order valence-electron chi connectivity index (χ0n) is 23.3. The molecular weight excluding hydrogens is 545 g/mol. The molecular formula is C32H34FNO8. The van der Waals surface area contributed by atoms with Crippen LogP contribution in [0.25, 0.3) is 0 Å². The zero-order valence-corrected chi connectivity index (χ0v) is 23.3. The predicted octanol–water partition coefficient (Wildman–Crippen LogP) is 5.33. The Morgan fingerprint density at radius 3 is 2.05 bits per heavy atom. The van der Waals surface area contributed by atoms with Gasteiger partial charge in [-0.1, -0.05) is 36.4 Å². The maximum Gasteiger partial charge on any atom is 0.414 e. The number of benzene rings is 3. The molecule has 0 saturated carbocycles. The molecule has 3 aromatic rings. The van der Waals surface area contributed by atoms with Gasteiger partial charge >= 0.3 is 17.9 Å². The van der Waals surface area contributed by atoms with Crippen molar-refractivity contribution in [3.05, 3.63) is 95.8 Å². The first-order valence-corrected chi connectivity index (χ1v) is 13.6. The quantitative estimate of drug-likeness (QED) is 0.186. The fourth-order valence-electron chi connectivity index (χ4n) is 4.82. The topological polar surface area (TPSA) is 130 Å². The van der Waals surface area contributed by atoms with Crippen molar-refractivity contribution < 1.29 is 43.3 Å². The maximum absolute atomic E-state index is 13.3. The third-order valence-corrected chi connectivity index (χ3v) is 6.98. The number of para-hydroxylation sites is 2. The number of nitrogens with zero attached hydrogens (tertiary/aromatic N) is 1. The number of rotatable bonds is 10. The van der Waals surface area contributed by atoms with E-state index < -0.39 is 17.4 Å². The Bertz CT molecular complexity index is 1340. The number of aliphatic carboxylic acids is 2. The fraction of sp³-hybridized carbons (Fsp3) is 0.312. The van der Waals surface area contributed by atoms with Crippen molar-refractivity contribution >= 4 is 23.7 Å². The van der Waals surface area contributed by atoms with E-state index in [1.165, 1.54) is 24.3 Å². The molecule has 0 bridgehead atoms. The largest absolute Gasteiger partial charge is 0.473 e. The van der Waals surface area contributed by atoms with Gasteiger partial charge in [-0.25, -0.2) is 14.0 Å². The van der Waals surface area contributed by atoms with Crippen LogP contribution in [0.3, 0.4) is 0 Å². The number of piperidine rings is 1. The lowest BCUT2D eigenvalue weighted by Crippen LogP contribution is -2.48. The van der Waals surface area contributed by atoms with E-state index in [0.29, 0.717) is 62.4 Å². The van der Waals surface area contributed by atoms with Crippen LogP contribution >= 0.6 is 0 Å². The van der Waals surface area contributed by atoms with Crippen molar-refractivity contribution in [2.45, 2.75) is 38.0 Å². The molecule has 1 heterocycles. The summed E-state index contributed by atoms with van der Waals surface area (Å²) in [5.74, 6) is -2.83. The van der Waals surface area contributed by atoms with E-state index in [2.05, 4.69) is 4.90 Å². The number of carboxylic acid groups (broad SMARTS) is 2. The van der Waals surface area contributed by atoms with Gasteiger partial charge in [0, 0.05) is 17.5 Å². The highest BCUT2D eigenvalue weighted by atomic mass is 19.1. The molecule has 0 aromatic heterocycles. The Balaban J connectivity index is 0.000000730. The Kier molecular flexibility index (Phi) is 11.7. The molecule has 0 spiro atoms. The van der Waals surface area contributed by atoms with E-state index >= 15 is 0 Å². The first kappa shape index (κ1) is 32.0. The second-order valence-electron chi connectivity index (χ2n) is 9.70. The molecule has 0 radical (unpaired) electrons. The lowest BCUT2D eigenvalue weighted by Gasteiger charge is -2.40. The van der Waals surface area contributed by atoms with E-state index in [-0.39, 0.29) is 17.6 Å². The Hall–Kier alpha value is -4.57. The summed E-state index contributed by atoms with van der Waals surface area (Å²) in [5, 5.41) is 14.8. The van der Waals surface area contributed by atoms with Crippen molar-refractivity contribution in [3.8, 4) is 11.5 Å². The van der Waals surface area contributed by atoms with Crippen LogP contribution in [-0.4, -0.2) is 65.0 Å². The Labute approximate surface area is 243 Å². The standard InChI is InChI=1S/C30H32FNO4.C2H2O4/c1-2-35-29(34)30(26-11-6-7-13-28(26)36-25-9-4-3-5-10-25)18-21-32(22-19-30)20-8-12-27(33)23-14-16-24(31)17-15-23;3-1(4)2(5)6/h3-7,9-11,13-17H,2,8,12,18-22H2,1H3;(H,3,4)(H,5,6). The fourth-order valence-corrected chi connectivity index (χ4v) is 4.82. The molecule has 2 N–H and O–H groups in total. The third kappa shape index (κ3) is 8.71. The van der Waals surface area contributed by atoms with Crippen molar-refractivity contribution in [2.75, 3.05) is 26.2 Å². The van der Waals surface area contributed by atoms with Gasteiger partial charge in [0.05, 0.1) is 12.0 Å². The van der Waals surface area contributed by atoms with Gasteiger partial charge in [-0.3, -0.25) is 9.59 Å². The number of carbonyl (C=O) groups excluding carboxylic acids is 2. The molecule has 1 aliphatic rings. The first-order chi connectivity index (χ1) is 20.2. The summed E-state index contributed by atoms with van der Waals surface area (Å²) < 4.78 is 24.9. The molecule has 222 valence electrons. The highest BCUT2D eigenvalue weighted by Gasteiger charge is 2.46. The molecule has 10 heteroatoms. The molecule has 1 aliphatic heterocycles. The second-order valence-corrected chi connectivity index (χ2v) is 9.70. The van der Waals surface area contributed by atoms with Gasteiger partial charge in [0.25, 0.3) is 0 Å². The normalized spacial score (nSPS) is 14.1. The van der Waals surface area contributed by atoms with Crippen LogP contribution in [0, 0.1) is 5.82 Å². The molecule has 4 rings (SSSR count). The summed E-state index contributed by atoms with van der Waals surface area (Å²) in [6.07, 6.45) is 2.31. The van der Waals surface area contributed by atoms with E-state index in [4.69, 9.17) is 29.3 Å². The zero-order chi connectivity index (χ0) is 30.5. The lowest BCUT2D eigenvalue weighted by molar-refractivity contribution is -0.159. The summed E-state index contributed by atoms with van der Waals surface area (Å²) in [6, 6.07) is 22.9. The van der Waals surface area contributed by atoms with Crippen molar-refractivity contribution in [3.63, 3.8) is 0 Å². The number of carbonyl (C=O) groups is 4. The molecule has 0 aliphatic carbocycles. The average molecular weight is 580 g/mol. The van der Waals surface area contributed by atoms with Gasteiger partial charge in [-0.05, 0) is 88.3 Å². The third-order valence-electron chi connectivity index (χ3n) is 6.98. The minimum Gasteiger partial charge on any atom is -0.473 e. The van der Waals surface area contributed by atoms with Gasteiger partial charge in [0.1, 0.15) is 17.3 Å². The van der Waals surface area contributed by atoms with Gasteiger partial charge in [-0.2, -0.15) is 0 Å². The van der Waals surface area contributed by atoms with Gasteiger partial charge < -0.3 is 24.6 Å². The molecule has 9 nitrogen and oxygen atoms in total. The SMILES string of the molecule is CCOC(=O)C1(c2ccccc2Oc2ccccc2)CCN(CCCC(=O)c2ccc(F)cc2)CC1.O=C(O)C(=O)O.